The highest BCUT2D eigenvalue weighted by molar-refractivity contribution is 7.18. The summed E-state index contributed by atoms with van der Waals surface area (Å²) in [7, 11) is 0. The second kappa shape index (κ2) is 6.88. The van der Waals surface area contributed by atoms with Crippen LogP contribution in [0, 0.1) is 0 Å². The van der Waals surface area contributed by atoms with Crippen LogP contribution in [0.4, 0.5) is 0 Å². The molecule has 2 aromatic heterocycles. The van der Waals surface area contributed by atoms with E-state index in [0.717, 1.165) is 55.3 Å². The molecule has 0 bridgehead atoms. The van der Waals surface area contributed by atoms with Crippen molar-refractivity contribution in [3.8, 4) is 0 Å². The molecule has 1 N–H and O–H groups in total. The van der Waals surface area contributed by atoms with Gasteiger partial charge in [-0.15, -0.1) is 11.3 Å². The van der Waals surface area contributed by atoms with Crippen molar-refractivity contribution in [2.45, 2.75) is 64.0 Å². The van der Waals surface area contributed by atoms with Crippen molar-refractivity contribution >= 4 is 27.5 Å². The minimum Gasteiger partial charge on any atom is -0.481 e. The largest absolute Gasteiger partial charge is 0.481 e. The zero-order chi connectivity index (χ0) is 17.4. The number of thiophene rings is 1. The van der Waals surface area contributed by atoms with Crippen LogP contribution in [0.2, 0.25) is 0 Å². The fourth-order valence-electron chi connectivity index (χ4n) is 3.87. The third kappa shape index (κ3) is 3.22. The Kier molecular flexibility index (Phi) is 4.60. The molecule has 134 valence electrons. The molecule has 3 heterocycles. The summed E-state index contributed by atoms with van der Waals surface area (Å²) in [6, 6.07) is 0. The van der Waals surface area contributed by atoms with Crippen molar-refractivity contribution < 1.29 is 14.6 Å². The molecule has 0 saturated carbocycles. The van der Waals surface area contributed by atoms with E-state index >= 15 is 0 Å². The standard InChI is InChI=1S/C18H22N2O4S/c21-15(22)8-7-14-19-17-16(12-5-1-2-6-13(12)25-17)18(23)20(14)10-11-4-3-9-24-11/h11H,1-10H2,(H,21,22)/t11-/m1/s1. The molecule has 25 heavy (non-hydrogen) atoms. The van der Waals surface area contributed by atoms with Gasteiger partial charge in [0.2, 0.25) is 0 Å². The van der Waals surface area contributed by atoms with Crippen LogP contribution >= 0.6 is 11.3 Å². The maximum absolute atomic E-state index is 13.2. The normalized spacial score (nSPS) is 20.1. The monoisotopic (exact) mass is 362 g/mol. The number of nitrogens with zero attached hydrogens (tertiary/aromatic N) is 2. The highest BCUT2D eigenvalue weighted by atomic mass is 32.1. The number of fused-ring (bicyclic) bond motifs is 3. The van der Waals surface area contributed by atoms with E-state index in [9.17, 15) is 9.59 Å². The lowest BCUT2D eigenvalue weighted by molar-refractivity contribution is -0.137. The predicted octanol–water partition coefficient (Wildman–Crippen LogP) is 2.53. The molecule has 1 atom stereocenters. The zero-order valence-corrected chi connectivity index (χ0v) is 14.9. The molecule has 6 nitrogen and oxygen atoms in total. The Balaban J connectivity index is 1.81. The molecular weight excluding hydrogens is 340 g/mol. The second-order valence-corrected chi connectivity index (χ2v) is 7.95. The van der Waals surface area contributed by atoms with E-state index < -0.39 is 5.97 Å². The number of carboxylic acids is 1. The second-order valence-electron chi connectivity index (χ2n) is 6.86. The molecule has 0 unspecified atom stereocenters. The van der Waals surface area contributed by atoms with Crippen LogP contribution in [0.5, 0.6) is 0 Å². The summed E-state index contributed by atoms with van der Waals surface area (Å²) < 4.78 is 7.38. The Hall–Kier alpha value is -1.73. The first-order valence-electron chi connectivity index (χ1n) is 9.01. The number of aliphatic carboxylic acids is 1. The van der Waals surface area contributed by atoms with Gasteiger partial charge in [0, 0.05) is 17.9 Å². The Labute approximate surface area is 149 Å². The number of hydrogen-bond acceptors (Lipinski definition) is 5. The van der Waals surface area contributed by atoms with Gasteiger partial charge in [-0.05, 0) is 44.1 Å². The smallest absolute Gasteiger partial charge is 0.303 e. The molecule has 1 aliphatic heterocycles. The van der Waals surface area contributed by atoms with Crippen LogP contribution in [0.25, 0.3) is 10.2 Å². The lowest BCUT2D eigenvalue weighted by Gasteiger charge is -2.16. The maximum atomic E-state index is 13.2. The van der Waals surface area contributed by atoms with Gasteiger partial charge in [-0.25, -0.2) is 4.98 Å². The number of aryl methyl sites for hydroxylation is 3. The highest BCUT2D eigenvalue weighted by Gasteiger charge is 2.24. The number of hydrogen-bond donors (Lipinski definition) is 1. The number of aromatic nitrogens is 2. The Morgan fingerprint density at radius 1 is 1.32 bits per heavy atom. The number of carboxylic acid groups (broad SMARTS) is 1. The number of ether oxygens (including phenoxy) is 1. The molecule has 4 rings (SSSR count). The van der Waals surface area contributed by atoms with Crippen molar-refractivity contribution in [3.05, 3.63) is 26.6 Å². The predicted molar refractivity (Wildman–Crippen MR) is 95.5 cm³/mol. The average molecular weight is 362 g/mol. The minimum atomic E-state index is -0.872. The van der Waals surface area contributed by atoms with Crippen LogP contribution < -0.4 is 5.56 Å². The van der Waals surface area contributed by atoms with E-state index in [4.69, 9.17) is 14.8 Å². The molecule has 2 aromatic rings. The van der Waals surface area contributed by atoms with E-state index in [0.29, 0.717) is 12.4 Å². The first kappa shape index (κ1) is 16.7. The summed E-state index contributed by atoms with van der Waals surface area (Å²) in [6.45, 7) is 1.20. The van der Waals surface area contributed by atoms with Gasteiger partial charge < -0.3 is 9.84 Å². The molecule has 2 aliphatic rings. The summed E-state index contributed by atoms with van der Waals surface area (Å²) in [5.74, 6) is -0.294. The molecular formula is C18H22N2O4S. The van der Waals surface area contributed by atoms with Gasteiger partial charge in [0.05, 0.1) is 24.5 Å². The number of rotatable bonds is 5. The van der Waals surface area contributed by atoms with Gasteiger partial charge in [0.25, 0.3) is 5.56 Å². The summed E-state index contributed by atoms with van der Waals surface area (Å²) in [5.41, 5.74) is 1.16. The van der Waals surface area contributed by atoms with Gasteiger partial charge in [0.15, 0.2) is 0 Å². The average Bonchev–Trinajstić information content (AvgIpc) is 3.22. The Morgan fingerprint density at radius 2 is 2.16 bits per heavy atom. The van der Waals surface area contributed by atoms with Gasteiger partial charge in [-0.1, -0.05) is 0 Å². The first-order valence-corrected chi connectivity index (χ1v) is 9.82. The Bertz CT molecular complexity index is 864. The van der Waals surface area contributed by atoms with E-state index in [2.05, 4.69) is 0 Å². The van der Waals surface area contributed by atoms with E-state index in [1.165, 1.54) is 10.4 Å². The third-order valence-electron chi connectivity index (χ3n) is 5.13. The lowest BCUT2D eigenvalue weighted by atomic mass is 9.97. The third-order valence-corrected chi connectivity index (χ3v) is 6.31. The van der Waals surface area contributed by atoms with Crippen LogP contribution in [0.3, 0.4) is 0 Å². The summed E-state index contributed by atoms with van der Waals surface area (Å²) in [4.78, 5) is 31.0. The molecule has 0 aromatic carbocycles. The fourth-order valence-corrected chi connectivity index (χ4v) is 5.14. The van der Waals surface area contributed by atoms with Gasteiger partial charge in [-0.3, -0.25) is 14.2 Å². The molecule has 0 spiro atoms. The van der Waals surface area contributed by atoms with Crippen molar-refractivity contribution in [1.82, 2.24) is 9.55 Å². The SMILES string of the molecule is O=C(O)CCc1nc2sc3c(c2c(=O)n1C[C@H]1CCCO1)CCCC3. The van der Waals surface area contributed by atoms with Crippen molar-refractivity contribution in [2.75, 3.05) is 6.61 Å². The van der Waals surface area contributed by atoms with Crippen molar-refractivity contribution in [1.29, 1.82) is 0 Å². The lowest BCUT2D eigenvalue weighted by Crippen LogP contribution is -2.30. The van der Waals surface area contributed by atoms with Crippen LogP contribution in [-0.4, -0.2) is 33.3 Å². The quantitative estimate of drug-likeness (QED) is 0.884. The minimum absolute atomic E-state index is 0.0136. The molecule has 0 amide bonds. The summed E-state index contributed by atoms with van der Waals surface area (Å²) >= 11 is 1.61. The van der Waals surface area contributed by atoms with E-state index in [1.807, 2.05) is 0 Å². The topological polar surface area (TPSA) is 81.4 Å². The zero-order valence-electron chi connectivity index (χ0n) is 14.1. The molecule has 1 saturated heterocycles. The van der Waals surface area contributed by atoms with E-state index in [-0.39, 0.29) is 24.5 Å². The summed E-state index contributed by atoms with van der Waals surface area (Å²) in [5, 5.41) is 9.79. The van der Waals surface area contributed by atoms with E-state index in [1.54, 1.807) is 15.9 Å². The van der Waals surface area contributed by atoms with Crippen LogP contribution in [0.1, 0.15) is 48.4 Å². The molecule has 1 aliphatic carbocycles. The summed E-state index contributed by atoms with van der Waals surface area (Å²) in [6.07, 6.45) is 6.46. The highest BCUT2D eigenvalue weighted by Crippen LogP contribution is 2.34. The number of carbonyl (C=O) groups is 1. The maximum Gasteiger partial charge on any atom is 0.303 e. The van der Waals surface area contributed by atoms with Gasteiger partial charge >= 0.3 is 5.97 Å². The molecule has 1 fully saturated rings. The van der Waals surface area contributed by atoms with Crippen LogP contribution in [-0.2, 0) is 35.3 Å². The van der Waals surface area contributed by atoms with Crippen LogP contribution in [0.15, 0.2) is 4.79 Å². The molecule has 7 heteroatoms. The van der Waals surface area contributed by atoms with Crippen molar-refractivity contribution in [2.24, 2.45) is 0 Å². The first-order chi connectivity index (χ1) is 12.1. The fraction of sp³-hybridized carbons (Fsp3) is 0.611. The van der Waals surface area contributed by atoms with Gasteiger partial charge in [0.1, 0.15) is 10.7 Å². The van der Waals surface area contributed by atoms with Gasteiger partial charge in [-0.2, -0.15) is 0 Å². The van der Waals surface area contributed by atoms with Crippen molar-refractivity contribution in [3.63, 3.8) is 0 Å². The Morgan fingerprint density at radius 3 is 2.92 bits per heavy atom. The molecule has 0 radical (unpaired) electrons.